The van der Waals surface area contributed by atoms with Gasteiger partial charge in [0.1, 0.15) is 0 Å². The van der Waals surface area contributed by atoms with Gasteiger partial charge < -0.3 is 4.57 Å². The van der Waals surface area contributed by atoms with Crippen LogP contribution in [0, 0.1) is 0 Å². The predicted octanol–water partition coefficient (Wildman–Crippen LogP) is 21.9. The van der Waals surface area contributed by atoms with E-state index in [1.165, 1.54) is 0 Å². The van der Waals surface area contributed by atoms with Crippen LogP contribution in [0.1, 0.15) is 0 Å². The van der Waals surface area contributed by atoms with Crippen molar-refractivity contribution in [3.63, 3.8) is 0 Å². The molecule has 0 amide bonds. The molecule has 2 aliphatic heterocycles. The number of pyridine rings is 1. The van der Waals surface area contributed by atoms with Crippen molar-refractivity contribution in [1.29, 1.82) is 0 Å². The molecule has 18 aromatic rings. The lowest BCUT2D eigenvalue weighted by Crippen LogP contribution is -2.33. The van der Waals surface area contributed by atoms with Gasteiger partial charge in [0.15, 0.2) is 11.6 Å². The molecule has 10 nitrogen and oxygen atoms in total. The highest BCUT2D eigenvalue weighted by Gasteiger charge is 2.45. The minimum Gasteiger partial charge on any atom is -0.309 e. The molecule has 104 heavy (non-hydrogen) atoms. The Bertz CT molecular complexity index is 6500. The monoisotopic (exact) mass is 1370 g/mol. The summed E-state index contributed by atoms with van der Waals surface area (Å²) in [4.78, 5) is 21.9. The topological polar surface area (TPSA) is 102 Å². The van der Waals surface area contributed by atoms with Crippen molar-refractivity contribution >= 4 is 102 Å². The molecule has 2 aliphatic rings. The van der Waals surface area contributed by atoms with Crippen LogP contribution >= 0.6 is 14.6 Å². The van der Waals surface area contributed by atoms with Gasteiger partial charge in [-0.2, -0.15) is 9.97 Å². The molecule has 0 N–H and O–H groups in total. The molecule has 2 atom stereocenters. The first-order valence-electron chi connectivity index (χ1n) is 34.8. The molecule has 20 rings (SSSR count). The summed E-state index contributed by atoms with van der Waals surface area (Å²) in [7, 11) is -7.24. The van der Waals surface area contributed by atoms with E-state index in [-0.39, 0.29) is 0 Å². The smallest absolute Gasteiger partial charge is 0.238 e. The highest BCUT2D eigenvalue weighted by atomic mass is 31.2. The fourth-order valence-electron chi connectivity index (χ4n) is 15.9. The van der Waals surface area contributed by atoms with Crippen LogP contribution in [0.25, 0.3) is 134 Å². The van der Waals surface area contributed by atoms with Crippen molar-refractivity contribution in [3.05, 3.63) is 364 Å². The Morgan fingerprint density at radius 3 is 1.22 bits per heavy atom. The zero-order chi connectivity index (χ0) is 69.0. The van der Waals surface area contributed by atoms with Crippen LogP contribution in [-0.2, 0) is 9.13 Å². The molecule has 0 radical (unpaired) electrons. The normalized spacial score (nSPS) is 15.2. The second-order valence-corrected chi connectivity index (χ2v) is 31.5. The molecule has 0 aliphatic carbocycles. The summed E-state index contributed by atoms with van der Waals surface area (Å²) in [6.07, 6.45) is 0. The van der Waals surface area contributed by atoms with Gasteiger partial charge in [-0.15, -0.1) is 0 Å². The molecule has 0 bridgehead atoms. The van der Waals surface area contributed by atoms with Gasteiger partial charge in [0.05, 0.1) is 50.5 Å². The highest BCUT2D eigenvalue weighted by molar-refractivity contribution is 7.81. The molecule has 4 aromatic heterocycles. The molecule has 0 spiro atoms. The molecule has 490 valence electrons. The van der Waals surface area contributed by atoms with E-state index in [9.17, 15) is 0 Å². The van der Waals surface area contributed by atoms with Gasteiger partial charge in [-0.3, -0.25) is 23.0 Å². The van der Waals surface area contributed by atoms with Crippen molar-refractivity contribution in [2.24, 2.45) is 0 Å². The maximum absolute atomic E-state index is 17.0. The molecule has 12 heteroatoms. The molecule has 0 fully saturated rings. The summed E-state index contributed by atoms with van der Waals surface area (Å²) in [6.45, 7) is 0. The van der Waals surface area contributed by atoms with Gasteiger partial charge >= 0.3 is 0 Å². The van der Waals surface area contributed by atoms with Crippen LogP contribution in [0.15, 0.2) is 364 Å². The molecule has 14 aromatic carbocycles. The van der Waals surface area contributed by atoms with E-state index in [4.69, 9.17) is 19.9 Å². The Morgan fingerprint density at radius 2 is 0.663 bits per heavy atom. The Hall–Kier alpha value is -13.1. The number of nitrogens with zero attached hydrogens (tertiary/aromatic N) is 8. The van der Waals surface area contributed by atoms with E-state index in [1.54, 1.807) is 0 Å². The zero-order valence-electron chi connectivity index (χ0n) is 55.9. The first-order chi connectivity index (χ1) is 51.3. The zero-order valence-corrected chi connectivity index (χ0v) is 57.7. The standard InChI is InChI=1S/C92H60N8O2P2/c101-103(69-42-18-6-19-43-69)87-52-26-23-47-73(87)76-57-75-72-46-22-25-50-81(72)98(83(75)59-85(76)99(103)66-38-14-4-15-39-66)92-95-90(63-34-12-3-13-35-63)94-91(96-92)65-37-28-36-64(54-65)71-49-29-51-82-89(71)78-58-77-74-48-24-27-53-88(74)104(102,70-44-20-7-21-45-70)100(67-40-16-5-17-41-67)86(77)60-84(78)97(82)68-55-79(61-30-8-1-9-31-61)93-80(56-68)62-32-10-2-11-33-62/h1-60H. The molecule has 2 unspecified atom stereocenters. The van der Waals surface area contributed by atoms with Crippen LogP contribution in [0.4, 0.5) is 22.7 Å². The summed E-state index contributed by atoms with van der Waals surface area (Å²) in [6, 6.07) is 124. The van der Waals surface area contributed by atoms with Gasteiger partial charge in [0.25, 0.3) is 0 Å². The average Bonchev–Trinajstić information content (AvgIpc) is 1.15. The van der Waals surface area contributed by atoms with Crippen LogP contribution in [-0.4, -0.2) is 29.1 Å². The minimum atomic E-state index is -3.64. The van der Waals surface area contributed by atoms with E-state index in [0.29, 0.717) is 17.6 Å². The van der Waals surface area contributed by atoms with Crippen molar-refractivity contribution in [2.75, 3.05) is 9.34 Å². The fraction of sp³-hybridized carbons (Fsp3) is 0. The molecular formula is C92H60N8O2P2. The summed E-state index contributed by atoms with van der Waals surface area (Å²) >= 11 is 0. The molecule has 0 saturated heterocycles. The number of fused-ring (bicyclic) bond motifs is 12. The maximum Gasteiger partial charge on any atom is 0.238 e. The largest absolute Gasteiger partial charge is 0.309 e. The first-order valence-corrected chi connectivity index (χ1v) is 38.1. The van der Waals surface area contributed by atoms with Gasteiger partial charge in [0, 0.05) is 87.5 Å². The Morgan fingerprint density at radius 1 is 0.250 bits per heavy atom. The second-order valence-electron chi connectivity index (χ2n) is 26.4. The number of anilines is 4. The Labute approximate surface area is 600 Å². The van der Waals surface area contributed by atoms with Gasteiger partial charge in [0.2, 0.25) is 20.5 Å². The van der Waals surface area contributed by atoms with Gasteiger partial charge in [-0.05, 0) is 138 Å². The van der Waals surface area contributed by atoms with Crippen LogP contribution < -0.4 is 30.6 Å². The van der Waals surface area contributed by atoms with E-state index in [2.05, 4.69) is 200 Å². The van der Waals surface area contributed by atoms with E-state index < -0.39 is 14.6 Å². The third-order valence-corrected chi connectivity index (χ3v) is 26.6. The SMILES string of the molecule is O=P1(c2ccccc2)c2ccccc2-c2cc3c4ccccc4n(-c4nc(-c5ccccc5)nc(-c5cccc(-c6cccc7c6c6cc8c(cc6n7-c6cc(-c7ccccc7)nc(-c7ccccc7)c6)N(c6ccccc6)P(=O)(c6ccccc6)c6ccccc6-8)c5)n4)c3cc2N1c1ccccc1. The minimum absolute atomic E-state index is 0.429. The number of aromatic nitrogens is 6. The Balaban J connectivity index is 0.826. The van der Waals surface area contributed by atoms with E-state index >= 15 is 9.13 Å². The summed E-state index contributed by atoms with van der Waals surface area (Å²) in [5, 5.41) is 7.09. The van der Waals surface area contributed by atoms with E-state index in [1.807, 2.05) is 182 Å². The lowest BCUT2D eigenvalue weighted by Gasteiger charge is -2.40. The van der Waals surface area contributed by atoms with Crippen molar-refractivity contribution < 1.29 is 9.13 Å². The fourth-order valence-corrected chi connectivity index (χ4v) is 22.0. The summed E-state index contributed by atoms with van der Waals surface area (Å²) in [5.41, 5.74) is 18.8. The number of hydrogen-bond acceptors (Lipinski definition) is 6. The van der Waals surface area contributed by atoms with Crippen LogP contribution in [0.3, 0.4) is 0 Å². The molecule has 6 heterocycles. The highest BCUT2D eigenvalue weighted by Crippen LogP contribution is 2.64. The summed E-state index contributed by atoms with van der Waals surface area (Å²) < 4.78 is 42.5. The average molecular weight is 1370 g/mol. The van der Waals surface area contributed by atoms with Gasteiger partial charge in [-0.1, -0.05) is 249 Å². The molecule has 0 saturated carbocycles. The van der Waals surface area contributed by atoms with Crippen LogP contribution in [0.2, 0.25) is 0 Å². The van der Waals surface area contributed by atoms with Crippen molar-refractivity contribution in [1.82, 2.24) is 29.1 Å². The summed E-state index contributed by atoms with van der Waals surface area (Å²) in [5.74, 6) is 1.42. The number of para-hydroxylation sites is 3. The Kier molecular flexibility index (Phi) is 14.2. The third kappa shape index (κ3) is 9.57. The number of hydrogen-bond donors (Lipinski definition) is 0. The van der Waals surface area contributed by atoms with Crippen molar-refractivity contribution in [3.8, 4) is 90.3 Å². The second kappa shape index (κ2) is 24.3. The molecular weight excluding hydrogens is 1310 g/mol. The van der Waals surface area contributed by atoms with E-state index in [0.717, 1.165) is 160 Å². The first kappa shape index (κ1) is 60.8. The lowest BCUT2D eigenvalue weighted by molar-refractivity contribution is 0.586. The third-order valence-electron chi connectivity index (χ3n) is 20.5. The number of rotatable bonds is 11. The number of benzene rings is 14. The van der Waals surface area contributed by atoms with Gasteiger partial charge in [-0.25, -0.2) is 9.97 Å². The quantitative estimate of drug-likeness (QED) is 0.118. The predicted molar refractivity (Wildman–Crippen MR) is 428 cm³/mol. The lowest BCUT2D eigenvalue weighted by atomic mass is 9.95. The van der Waals surface area contributed by atoms with Crippen LogP contribution in [0.5, 0.6) is 0 Å². The maximum atomic E-state index is 17.0. The van der Waals surface area contributed by atoms with Crippen molar-refractivity contribution in [2.45, 2.75) is 0 Å².